The van der Waals surface area contributed by atoms with Crippen molar-refractivity contribution < 1.29 is 4.79 Å². The van der Waals surface area contributed by atoms with Gasteiger partial charge in [-0.05, 0) is 31.4 Å². The summed E-state index contributed by atoms with van der Waals surface area (Å²) >= 11 is 4.09. The lowest BCUT2D eigenvalue weighted by Gasteiger charge is -2.37. The van der Waals surface area contributed by atoms with Gasteiger partial charge in [0.25, 0.3) is 0 Å². The van der Waals surface area contributed by atoms with E-state index in [1.165, 1.54) is 11.3 Å². The van der Waals surface area contributed by atoms with Crippen LogP contribution in [0.2, 0.25) is 0 Å². The van der Waals surface area contributed by atoms with Gasteiger partial charge in [-0.25, -0.2) is 0 Å². The van der Waals surface area contributed by atoms with E-state index in [1.807, 2.05) is 0 Å². The first kappa shape index (κ1) is 14.3. The molecule has 1 aromatic rings. The lowest BCUT2D eigenvalue weighted by molar-refractivity contribution is -0.120. The third-order valence-electron chi connectivity index (χ3n) is 3.68. The van der Waals surface area contributed by atoms with Crippen molar-refractivity contribution in [3.63, 3.8) is 0 Å². The fourth-order valence-electron chi connectivity index (χ4n) is 2.61. The number of aryl methyl sites for hydroxylation is 1. The summed E-state index contributed by atoms with van der Waals surface area (Å²) in [6.45, 7) is 3.67. The monoisotopic (exact) mass is 278 g/mol. The number of anilines is 1. The minimum atomic E-state index is 0.115. The molecule has 0 saturated carbocycles. The number of carbonyl (C=O) groups excluding carboxylic acids is 1. The van der Waals surface area contributed by atoms with Crippen LogP contribution < -0.4 is 10.2 Å². The molecule has 0 aliphatic carbocycles. The second-order valence-electron chi connectivity index (χ2n) is 5.03. The number of para-hydroxylation sites is 1. The summed E-state index contributed by atoms with van der Waals surface area (Å²) in [7, 11) is 0. The van der Waals surface area contributed by atoms with Crippen molar-refractivity contribution in [3.05, 3.63) is 29.8 Å². The summed E-state index contributed by atoms with van der Waals surface area (Å²) < 4.78 is 0. The Morgan fingerprint density at radius 1 is 1.47 bits per heavy atom. The lowest BCUT2D eigenvalue weighted by atomic mass is 9.96. The van der Waals surface area contributed by atoms with E-state index < -0.39 is 0 Å². The zero-order valence-corrected chi connectivity index (χ0v) is 12.3. The Morgan fingerprint density at radius 3 is 3.05 bits per heavy atom. The highest BCUT2D eigenvalue weighted by molar-refractivity contribution is 7.80. The van der Waals surface area contributed by atoms with Crippen molar-refractivity contribution >= 4 is 24.2 Å². The highest BCUT2D eigenvalue weighted by atomic mass is 32.1. The Balaban J connectivity index is 1.97. The van der Waals surface area contributed by atoms with Crippen molar-refractivity contribution in [2.45, 2.75) is 32.2 Å². The van der Waals surface area contributed by atoms with Gasteiger partial charge in [0.05, 0.1) is 0 Å². The van der Waals surface area contributed by atoms with Crippen molar-refractivity contribution in [3.8, 4) is 0 Å². The quantitative estimate of drug-likeness (QED) is 0.810. The molecule has 3 nitrogen and oxygen atoms in total. The van der Waals surface area contributed by atoms with E-state index >= 15 is 0 Å². The molecule has 1 atom stereocenters. The maximum atomic E-state index is 11.7. The number of hydrogen-bond acceptors (Lipinski definition) is 3. The van der Waals surface area contributed by atoms with Gasteiger partial charge in [0.2, 0.25) is 5.91 Å². The summed E-state index contributed by atoms with van der Waals surface area (Å²) in [4.78, 5) is 14.1. The fraction of sp³-hybridized carbons (Fsp3) is 0.533. The average Bonchev–Trinajstić information content (AvgIpc) is 2.44. The highest BCUT2D eigenvalue weighted by Gasteiger charge is 2.22. The van der Waals surface area contributed by atoms with Crippen molar-refractivity contribution in [1.29, 1.82) is 0 Å². The number of fused-ring (bicyclic) bond motifs is 1. The Bertz CT molecular complexity index is 436. The van der Waals surface area contributed by atoms with E-state index in [0.717, 1.165) is 19.4 Å². The first-order chi connectivity index (χ1) is 9.22. The number of carbonyl (C=O) groups is 1. The molecule has 0 bridgehead atoms. The van der Waals surface area contributed by atoms with Crippen LogP contribution in [0.1, 0.15) is 25.3 Å². The molecule has 1 aromatic carbocycles. The van der Waals surface area contributed by atoms with E-state index in [2.05, 4.69) is 54.0 Å². The number of nitrogens with zero attached hydrogens (tertiary/aromatic N) is 1. The smallest absolute Gasteiger partial charge is 0.221 e. The molecule has 4 heteroatoms. The predicted molar refractivity (Wildman–Crippen MR) is 83.1 cm³/mol. The molecule has 1 amide bonds. The molecule has 0 saturated heterocycles. The largest absolute Gasteiger partial charge is 0.368 e. The van der Waals surface area contributed by atoms with Crippen LogP contribution in [0.5, 0.6) is 0 Å². The maximum absolute atomic E-state index is 11.7. The molecule has 104 valence electrons. The molecule has 2 rings (SSSR count). The van der Waals surface area contributed by atoms with Gasteiger partial charge < -0.3 is 10.2 Å². The molecule has 0 spiro atoms. The van der Waals surface area contributed by atoms with Crippen LogP contribution in [-0.4, -0.2) is 30.8 Å². The molecule has 0 fully saturated rings. The lowest BCUT2D eigenvalue weighted by Crippen LogP contribution is -2.40. The SMILES string of the molecule is CC1CCc2ccccc2N1CCC(=O)NCCS. The number of benzene rings is 1. The second-order valence-corrected chi connectivity index (χ2v) is 5.48. The summed E-state index contributed by atoms with van der Waals surface area (Å²) in [5.41, 5.74) is 2.69. The first-order valence-corrected chi connectivity index (χ1v) is 7.57. The standard InChI is InChI=1S/C15H22N2OS/c1-12-6-7-13-4-2-3-5-14(13)17(12)10-8-15(18)16-9-11-19/h2-5,12,19H,6-11H2,1H3,(H,16,18). The van der Waals surface area contributed by atoms with E-state index in [9.17, 15) is 4.79 Å². The second kappa shape index (κ2) is 6.85. The molecule has 1 aliphatic heterocycles. The van der Waals surface area contributed by atoms with Crippen molar-refractivity contribution in [2.24, 2.45) is 0 Å². The minimum absolute atomic E-state index is 0.115. The molecule has 1 N–H and O–H groups in total. The van der Waals surface area contributed by atoms with Crippen molar-refractivity contribution in [2.75, 3.05) is 23.7 Å². The molecule has 1 heterocycles. The van der Waals surface area contributed by atoms with Gasteiger partial charge >= 0.3 is 0 Å². The highest BCUT2D eigenvalue weighted by Crippen LogP contribution is 2.30. The number of nitrogens with one attached hydrogen (secondary N) is 1. The van der Waals surface area contributed by atoms with Crippen LogP contribution >= 0.6 is 12.6 Å². The predicted octanol–water partition coefficient (Wildman–Crippen LogP) is 2.26. The molecule has 1 unspecified atom stereocenters. The first-order valence-electron chi connectivity index (χ1n) is 6.94. The Kier molecular flexibility index (Phi) is 5.14. The summed E-state index contributed by atoms with van der Waals surface area (Å²) in [5.74, 6) is 0.804. The number of thiol groups is 1. The molecular weight excluding hydrogens is 256 g/mol. The Labute approximate surface area is 120 Å². The zero-order valence-electron chi connectivity index (χ0n) is 11.4. The van der Waals surface area contributed by atoms with Gasteiger partial charge in [-0.3, -0.25) is 4.79 Å². The van der Waals surface area contributed by atoms with Gasteiger partial charge in [-0.15, -0.1) is 0 Å². The summed E-state index contributed by atoms with van der Waals surface area (Å²) in [6, 6.07) is 9.02. The summed E-state index contributed by atoms with van der Waals surface area (Å²) in [6.07, 6.45) is 2.85. The average molecular weight is 278 g/mol. The Morgan fingerprint density at radius 2 is 2.26 bits per heavy atom. The van der Waals surface area contributed by atoms with Crippen LogP contribution in [0.4, 0.5) is 5.69 Å². The fourth-order valence-corrected chi connectivity index (χ4v) is 2.72. The van der Waals surface area contributed by atoms with Crippen LogP contribution in [0.3, 0.4) is 0 Å². The third kappa shape index (κ3) is 3.66. The molecule has 1 aliphatic rings. The van der Waals surface area contributed by atoms with Crippen molar-refractivity contribution in [1.82, 2.24) is 5.32 Å². The van der Waals surface area contributed by atoms with Crippen LogP contribution in [0.15, 0.2) is 24.3 Å². The minimum Gasteiger partial charge on any atom is -0.368 e. The van der Waals surface area contributed by atoms with Gasteiger partial charge in [0.15, 0.2) is 0 Å². The van der Waals surface area contributed by atoms with Gasteiger partial charge in [-0.1, -0.05) is 18.2 Å². The zero-order chi connectivity index (χ0) is 13.7. The maximum Gasteiger partial charge on any atom is 0.221 e. The number of hydrogen-bond donors (Lipinski definition) is 2. The third-order valence-corrected chi connectivity index (χ3v) is 3.90. The molecule has 19 heavy (non-hydrogen) atoms. The van der Waals surface area contributed by atoms with Crippen LogP contribution in [-0.2, 0) is 11.2 Å². The van der Waals surface area contributed by atoms with Gasteiger partial charge in [-0.2, -0.15) is 12.6 Å². The summed E-state index contributed by atoms with van der Waals surface area (Å²) in [5, 5.41) is 2.87. The van der Waals surface area contributed by atoms with Crippen LogP contribution in [0, 0.1) is 0 Å². The number of amides is 1. The van der Waals surface area contributed by atoms with Crippen LogP contribution in [0.25, 0.3) is 0 Å². The topological polar surface area (TPSA) is 32.3 Å². The normalized spacial score (nSPS) is 18.0. The van der Waals surface area contributed by atoms with Gasteiger partial charge in [0, 0.05) is 37.0 Å². The molecule has 0 aromatic heterocycles. The molecular formula is C15H22N2OS. The Hall–Kier alpha value is -1.16. The molecule has 0 radical (unpaired) electrons. The van der Waals surface area contributed by atoms with E-state index in [0.29, 0.717) is 24.8 Å². The van der Waals surface area contributed by atoms with E-state index in [1.54, 1.807) is 0 Å². The van der Waals surface area contributed by atoms with E-state index in [4.69, 9.17) is 0 Å². The number of rotatable bonds is 5. The van der Waals surface area contributed by atoms with Gasteiger partial charge in [0.1, 0.15) is 0 Å². The van der Waals surface area contributed by atoms with E-state index in [-0.39, 0.29) is 5.91 Å².